The summed E-state index contributed by atoms with van der Waals surface area (Å²) in [6.45, 7) is 11.5. The van der Waals surface area contributed by atoms with Gasteiger partial charge in [-0.15, -0.1) is 0 Å². The van der Waals surface area contributed by atoms with Crippen molar-refractivity contribution < 1.29 is 0 Å². The third-order valence-corrected chi connectivity index (χ3v) is 3.49. The number of rotatable bonds is 6. The first-order chi connectivity index (χ1) is 10.0. The molecule has 0 atom stereocenters. The van der Waals surface area contributed by atoms with E-state index < -0.39 is 0 Å². The molecule has 2 aromatic rings. The van der Waals surface area contributed by atoms with Crippen molar-refractivity contribution in [2.75, 3.05) is 0 Å². The highest BCUT2D eigenvalue weighted by molar-refractivity contribution is 5.32. The van der Waals surface area contributed by atoms with Crippen LogP contribution < -0.4 is 5.32 Å². The normalized spacial score (nSPS) is 11.3. The number of nitrogens with zero attached hydrogens (tertiary/aromatic N) is 3. The molecule has 0 unspecified atom stereocenters. The minimum absolute atomic E-state index is 0.476. The Morgan fingerprint density at radius 1 is 1.14 bits per heavy atom. The van der Waals surface area contributed by atoms with E-state index in [0.29, 0.717) is 6.04 Å². The number of aryl methyl sites for hydroxylation is 3. The zero-order valence-corrected chi connectivity index (χ0v) is 13.8. The lowest BCUT2D eigenvalue weighted by molar-refractivity contribution is 0.587. The molecule has 114 valence electrons. The molecule has 1 N–H and O–H groups in total. The molecule has 2 heterocycles. The van der Waals surface area contributed by atoms with Gasteiger partial charge in [-0.1, -0.05) is 27.7 Å². The van der Waals surface area contributed by atoms with E-state index in [9.17, 15) is 0 Å². The van der Waals surface area contributed by atoms with Gasteiger partial charge in [0.2, 0.25) is 0 Å². The molecule has 0 amide bonds. The van der Waals surface area contributed by atoms with Crippen molar-refractivity contribution in [3.05, 3.63) is 40.8 Å². The Balaban J connectivity index is 2.37. The Hall–Kier alpha value is -1.68. The maximum Gasteiger partial charge on any atom is 0.154 e. The third-order valence-electron chi connectivity index (χ3n) is 3.49. The largest absolute Gasteiger partial charge is 0.310 e. The lowest BCUT2D eigenvalue weighted by Crippen LogP contribution is -2.22. The summed E-state index contributed by atoms with van der Waals surface area (Å²) < 4.78 is 1.99. The molecule has 0 aliphatic heterocycles. The Bertz CT molecular complexity index is 599. The van der Waals surface area contributed by atoms with Gasteiger partial charge in [0.05, 0.1) is 5.69 Å². The third kappa shape index (κ3) is 3.91. The van der Waals surface area contributed by atoms with E-state index >= 15 is 0 Å². The summed E-state index contributed by atoms with van der Waals surface area (Å²) in [5, 5.41) is 8.14. The van der Waals surface area contributed by atoms with Gasteiger partial charge in [-0.3, -0.25) is 0 Å². The lowest BCUT2D eigenvalue weighted by Gasteiger charge is -2.11. The lowest BCUT2D eigenvalue weighted by atomic mass is 10.2. The van der Waals surface area contributed by atoms with Crippen LogP contribution in [0.1, 0.15) is 50.3 Å². The molecule has 0 spiro atoms. The van der Waals surface area contributed by atoms with Crippen LogP contribution in [0.5, 0.6) is 0 Å². The van der Waals surface area contributed by atoms with Crippen LogP contribution in [0.4, 0.5) is 0 Å². The topological polar surface area (TPSA) is 42.7 Å². The molecule has 2 aromatic heterocycles. The minimum Gasteiger partial charge on any atom is -0.310 e. The number of aromatic nitrogens is 3. The Morgan fingerprint density at radius 3 is 2.52 bits per heavy atom. The van der Waals surface area contributed by atoms with Crippen LogP contribution in [-0.2, 0) is 19.4 Å². The molecule has 4 nitrogen and oxygen atoms in total. The second-order valence-corrected chi connectivity index (χ2v) is 5.76. The first-order valence-corrected chi connectivity index (χ1v) is 7.82. The van der Waals surface area contributed by atoms with E-state index in [4.69, 9.17) is 0 Å². The Labute approximate surface area is 127 Å². The van der Waals surface area contributed by atoms with Crippen molar-refractivity contribution in [2.24, 2.45) is 0 Å². The summed E-state index contributed by atoms with van der Waals surface area (Å²) in [5.41, 5.74) is 4.62. The summed E-state index contributed by atoms with van der Waals surface area (Å²) in [6, 6.07) is 6.92. The molecule has 0 saturated heterocycles. The number of hydrogen-bond donors (Lipinski definition) is 1. The molecule has 0 radical (unpaired) electrons. The molecule has 0 aromatic carbocycles. The van der Waals surface area contributed by atoms with Crippen LogP contribution in [0.25, 0.3) is 5.82 Å². The maximum absolute atomic E-state index is 4.68. The number of pyridine rings is 1. The van der Waals surface area contributed by atoms with Gasteiger partial charge < -0.3 is 5.32 Å². The first-order valence-electron chi connectivity index (χ1n) is 7.82. The van der Waals surface area contributed by atoms with Crippen molar-refractivity contribution >= 4 is 0 Å². The highest BCUT2D eigenvalue weighted by Crippen LogP contribution is 2.15. The molecular formula is C17H26N4. The van der Waals surface area contributed by atoms with Gasteiger partial charge in [-0.2, -0.15) is 5.10 Å². The average Bonchev–Trinajstić information content (AvgIpc) is 2.88. The van der Waals surface area contributed by atoms with E-state index in [1.54, 1.807) is 0 Å². The fraction of sp³-hybridized carbons (Fsp3) is 0.529. The van der Waals surface area contributed by atoms with Crippen molar-refractivity contribution in [1.82, 2.24) is 20.1 Å². The number of nitrogens with one attached hydrogen (secondary N) is 1. The van der Waals surface area contributed by atoms with Crippen LogP contribution in [0.15, 0.2) is 18.2 Å². The molecule has 0 aliphatic rings. The van der Waals surface area contributed by atoms with E-state index in [0.717, 1.165) is 36.6 Å². The van der Waals surface area contributed by atoms with Crippen molar-refractivity contribution in [2.45, 2.75) is 60.0 Å². The van der Waals surface area contributed by atoms with E-state index in [-0.39, 0.29) is 0 Å². The van der Waals surface area contributed by atoms with Gasteiger partial charge in [-0.25, -0.2) is 9.67 Å². The SMILES string of the molecule is CCc1cc(CC)n(-c2cc(CNC(C)C)cc(C)n2)n1. The summed E-state index contributed by atoms with van der Waals surface area (Å²) in [5.74, 6) is 0.923. The van der Waals surface area contributed by atoms with Crippen LogP contribution in [0.2, 0.25) is 0 Å². The van der Waals surface area contributed by atoms with E-state index in [2.05, 4.69) is 61.3 Å². The standard InChI is InChI=1S/C17H26N4/c1-6-15-10-16(7-2)21(20-15)17-9-14(8-13(5)19-17)11-18-12(3)4/h8-10,12,18H,6-7,11H2,1-5H3. The molecular weight excluding hydrogens is 260 g/mol. The van der Waals surface area contributed by atoms with Crippen LogP contribution in [-0.4, -0.2) is 20.8 Å². The molecule has 0 bridgehead atoms. The first kappa shape index (κ1) is 15.7. The van der Waals surface area contributed by atoms with Gasteiger partial charge in [0.15, 0.2) is 5.82 Å². The molecule has 21 heavy (non-hydrogen) atoms. The Morgan fingerprint density at radius 2 is 1.90 bits per heavy atom. The fourth-order valence-electron chi connectivity index (χ4n) is 2.35. The van der Waals surface area contributed by atoms with Crippen LogP contribution in [0, 0.1) is 6.92 Å². The van der Waals surface area contributed by atoms with Crippen molar-refractivity contribution in [3.63, 3.8) is 0 Å². The zero-order valence-electron chi connectivity index (χ0n) is 13.8. The molecule has 0 fully saturated rings. The minimum atomic E-state index is 0.476. The van der Waals surface area contributed by atoms with Crippen LogP contribution in [0.3, 0.4) is 0 Å². The van der Waals surface area contributed by atoms with Crippen molar-refractivity contribution in [1.29, 1.82) is 0 Å². The predicted molar refractivity (Wildman–Crippen MR) is 86.8 cm³/mol. The van der Waals surface area contributed by atoms with Crippen molar-refractivity contribution in [3.8, 4) is 5.82 Å². The van der Waals surface area contributed by atoms with Gasteiger partial charge >= 0.3 is 0 Å². The highest BCUT2D eigenvalue weighted by Gasteiger charge is 2.10. The molecule has 0 saturated carbocycles. The molecule has 4 heteroatoms. The Kier molecular flexibility index (Phi) is 5.12. The van der Waals surface area contributed by atoms with Gasteiger partial charge in [0, 0.05) is 24.0 Å². The van der Waals surface area contributed by atoms with E-state index in [1.807, 2.05) is 11.6 Å². The summed E-state index contributed by atoms with van der Waals surface area (Å²) in [7, 11) is 0. The monoisotopic (exact) mass is 286 g/mol. The fourth-order valence-corrected chi connectivity index (χ4v) is 2.35. The second kappa shape index (κ2) is 6.85. The summed E-state index contributed by atoms with van der Waals surface area (Å²) in [6.07, 6.45) is 1.91. The average molecular weight is 286 g/mol. The number of hydrogen-bond acceptors (Lipinski definition) is 3. The molecule has 0 aliphatic carbocycles. The predicted octanol–water partition coefficient (Wildman–Crippen LogP) is 3.20. The summed E-state index contributed by atoms with van der Waals surface area (Å²) >= 11 is 0. The van der Waals surface area contributed by atoms with E-state index in [1.165, 1.54) is 11.3 Å². The van der Waals surface area contributed by atoms with Gasteiger partial charge in [0.25, 0.3) is 0 Å². The quantitative estimate of drug-likeness (QED) is 0.886. The molecule has 2 rings (SSSR count). The second-order valence-electron chi connectivity index (χ2n) is 5.76. The smallest absolute Gasteiger partial charge is 0.154 e. The highest BCUT2D eigenvalue weighted by atomic mass is 15.3. The summed E-state index contributed by atoms with van der Waals surface area (Å²) in [4.78, 5) is 4.66. The van der Waals surface area contributed by atoms with Gasteiger partial charge in [-0.05, 0) is 43.5 Å². The zero-order chi connectivity index (χ0) is 15.4. The maximum atomic E-state index is 4.68. The van der Waals surface area contributed by atoms with Crippen LogP contribution >= 0.6 is 0 Å². The van der Waals surface area contributed by atoms with Gasteiger partial charge in [0.1, 0.15) is 0 Å².